The summed E-state index contributed by atoms with van der Waals surface area (Å²) in [5.74, 6) is -0.685. The number of allylic oxidation sites excluding steroid dienone is 1. The molecule has 0 N–H and O–H groups in total. The molecule has 0 spiro atoms. The summed E-state index contributed by atoms with van der Waals surface area (Å²) in [4.78, 5) is 12.0. The highest BCUT2D eigenvalue weighted by molar-refractivity contribution is 8.01. The third-order valence-corrected chi connectivity index (χ3v) is 3.08. The largest absolute Gasteiger partial charge is 0.444 e. The highest BCUT2D eigenvalue weighted by atomic mass is 32.2. The predicted molar refractivity (Wildman–Crippen MR) is 73.6 cm³/mol. The van der Waals surface area contributed by atoms with Gasteiger partial charge >= 0.3 is 5.51 Å². The van der Waals surface area contributed by atoms with Gasteiger partial charge in [-0.15, -0.1) is 0 Å². The highest BCUT2D eigenvalue weighted by Gasteiger charge is 2.37. The number of Topliss-reactive ketones (excluding diaryl/α,β-unsaturated/α-hetero) is 1. The smallest absolute Gasteiger partial charge is 0.355 e. The third-order valence-electron chi connectivity index (χ3n) is 2.25. The van der Waals surface area contributed by atoms with E-state index >= 15 is 0 Å². The van der Waals surface area contributed by atoms with Gasteiger partial charge < -0.3 is 4.74 Å². The van der Waals surface area contributed by atoms with Gasteiger partial charge in [-0.1, -0.05) is 42.0 Å². The Hall–Kier alpha value is -1.27. The standard InChI is InChI=1S/C14H15F3O2S/c1-10(2)8-9-19-13(20-14(15,16)17)12(18)11-6-4-3-5-7-11/h3-8,13H,9H2,1-2H3. The van der Waals surface area contributed by atoms with Crippen LogP contribution in [0.5, 0.6) is 0 Å². The lowest BCUT2D eigenvalue weighted by atomic mass is 10.1. The molecule has 1 aromatic rings. The van der Waals surface area contributed by atoms with Crippen LogP contribution >= 0.6 is 11.8 Å². The molecule has 110 valence electrons. The lowest BCUT2D eigenvalue weighted by Crippen LogP contribution is -2.25. The summed E-state index contributed by atoms with van der Waals surface area (Å²) >= 11 is -0.445. The quantitative estimate of drug-likeness (QED) is 0.442. The topological polar surface area (TPSA) is 26.3 Å². The van der Waals surface area contributed by atoms with Crippen molar-refractivity contribution >= 4 is 17.5 Å². The summed E-state index contributed by atoms with van der Waals surface area (Å²) in [6.45, 7) is 3.57. The van der Waals surface area contributed by atoms with Gasteiger partial charge in [-0.05, 0) is 25.6 Å². The van der Waals surface area contributed by atoms with Crippen molar-refractivity contribution in [1.82, 2.24) is 0 Å². The number of benzene rings is 1. The summed E-state index contributed by atoms with van der Waals surface area (Å²) < 4.78 is 42.5. The molecule has 1 atom stereocenters. The molecule has 1 aromatic carbocycles. The molecule has 0 saturated heterocycles. The number of rotatable bonds is 6. The zero-order chi connectivity index (χ0) is 15.2. The number of carbonyl (C=O) groups excluding carboxylic acids is 1. The lowest BCUT2D eigenvalue weighted by molar-refractivity contribution is -0.0362. The Bertz CT molecular complexity index is 465. The fraction of sp³-hybridized carbons (Fsp3) is 0.357. The second-order valence-corrected chi connectivity index (χ2v) is 5.37. The van der Waals surface area contributed by atoms with Gasteiger partial charge in [0.1, 0.15) is 0 Å². The van der Waals surface area contributed by atoms with E-state index in [1.165, 1.54) is 12.1 Å². The SMILES string of the molecule is CC(C)=CCOC(SC(F)(F)F)C(=O)c1ccccc1. The van der Waals surface area contributed by atoms with Gasteiger partial charge in [-0.2, -0.15) is 13.2 Å². The molecule has 0 aliphatic rings. The van der Waals surface area contributed by atoms with Gasteiger partial charge in [-0.3, -0.25) is 4.79 Å². The van der Waals surface area contributed by atoms with E-state index in [9.17, 15) is 18.0 Å². The van der Waals surface area contributed by atoms with E-state index in [0.29, 0.717) is 0 Å². The zero-order valence-corrected chi connectivity index (χ0v) is 11.9. The molecule has 0 saturated carbocycles. The minimum Gasteiger partial charge on any atom is -0.355 e. The van der Waals surface area contributed by atoms with Crippen molar-refractivity contribution in [2.24, 2.45) is 0 Å². The van der Waals surface area contributed by atoms with E-state index in [2.05, 4.69) is 0 Å². The Balaban J connectivity index is 2.81. The maximum absolute atomic E-state index is 12.5. The van der Waals surface area contributed by atoms with Crippen molar-refractivity contribution in [2.45, 2.75) is 24.8 Å². The van der Waals surface area contributed by atoms with Gasteiger partial charge in [0, 0.05) is 5.56 Å². The average Bonchev–Trinajstić information content (AvgIpc) is 2.36. The summed E-state index contributed by atoms with van der Waals surface area (Å²) in [5.41, 5.74) is -5.01. The minimum absolute atomic E-state index is 0.0331. The first-order valence-electron chi connectivity index (χ1n) is 5.88. The molecular formula is C14H15F3O2S. The minimum atomic E-state index is -4.53. The Morgan fingerprint density at radius 2 is 1.90 bits per heavy atom. The molecule has 0 heterocycles. The Morgan fingerprint density at radius 3 is 2.40 bits per heavy atom. The molecule has 1 unspecified atom stereocenters. The number of carbonyl (C=O) groups is 1. The van der Waals surface area contributed by atoms with Crippen molar-refractivity contribution in [3.05, 3.63) is 47.5 Å². The van der Waals surface area contributed by atoms with Crippen LogP contribution in [0.15, 0.2) is 42.0 Å². The summed E-state index contributed by atoms with van der Waals surface area (Å²) in [6, 6.07) is 7.82. The molecule has 0 aliphatic heterocycles. The van der Waals surface area contributed by atoms with E-state index in [4.69, 9.17) is 4.74 Å². The van der Waals surface area contributed by atoms with Crippen LogP contribution in [-0.2, 0) is 4.74 Å². The van der Waals surface area contributed by atoms with Crippen molar-refractivity contribution in [3.63, 3.8) is 0 Å². The zero-order valence-electron chi connectivity index (χ0n) is 11.1. The molecule has 0 amide bonds. The molecule has 0 aromatic heterocycles. The number of ether oxygens (including phenoxy) is 1. The molecule has 0 radical (unpaired) electrons. The first kappa shape index (κ1) is 16.8. The second-order valence-electron chi connectivity index (χ2n) is 4.24. The first-order valence-corrected chi connectivity index (χ1v) is 6.76. The van der Waals surface area contributed by atoms with Crippen molar-refractivity contribution in [1.29, 1.82) is 0 Å². The first-order chi connectivity index (χ1) is 9.29. The molecule has 0 bridgehead atoms. The van der Waals surface area contributed by atoms with E-state index in [0.717, 1.165) is 5.57 Å². The predicted octanol–water partition coefficient (Wildman–Crippen LogP) is 4.43. The van der Waals surface area contributed by atoms with Crippen LogP contribution < -0.4 is 0 Å². The normalized spacial score (nSPS) is 12.8. The molecule has 1 rings (SSSR count). The van der Waals surface area contributed by atoms with E-state index < -0.39 is 28.5 Å². The summed E-state index contributed by atoms with van der Waals surface area (Å²) in [5, 5.41) is 0. The third kappa shape index (κ3) is 6.25. The fourth-order valence-electron chi connectivity index (χ4n) is 1.33. The molecule has 2 nitrogen and oxygen atoms in total. The van der Waals surface area contributed by atoms with Crippen LogP contribution in [0.4, 0.5) is 13.2 Å². The van der Waals surface area contributed by atoms with Crippen LogP contribution in [0.2, 0.25) is 0 Å². The Labute approximate surface area is 120 Å². The maximum atomic E-state index is 12.5. The van der Waals surface area contributed by atoms with Crippen LogP contribution in [0.3, 0.4) is 0 Å². The average molecular weight is 304 g/mol. The number of ketones is 1. The van der Waals surface area contributed by atoms with Gasteiger partial charge in [0.2, 0.25) is 5.78 Å². The van der Waals surface area contributed by atoms with Gasteiger partial charge in [0.15, 0.2) is 5.44 Å². The van der Waals surface area contributed by atoms with Crippen molar-refractivity contribution in [2.75, 3.05) is 6.61 Å². The molecule has 0 fully saturated rings. The molecule has 0 aliphatic carbocycles. The number of halogens is 3. The van der Waals surface area contributed by atoms with Crippen LogP contribution in [-0.4, -0.2) is 23.3 Å². The van der Waals surface area contributed by atoms with E-state index in [1.54, 1.807) is 38.1 Å². The molecular weight excluding hydrogens is 289 g/mol. The number of alkyl halides is 3. The van der Waals surface area contributed by atoms with Gasteiger partial charge in [-0.25, -0.2) is 0 Å². The van der Waals surface area contributed by atoms with Gasteiger partial charge in [0.05, 0.1) is 6.61 Å². The molecule has 6 heteroatoms. The summed E-state index contributed by atoms with van der Waals surface area (Å²) in [7, 11) is 0. The fourth-order valence-corrected chi connectivity index (χ4v) is 1.96. The molecule has 20 heavy (non-hydrogen) atoms. The number of hydrogen-bond acceptors (Lipinski definition) is 3. The number of hydrogen-bond donors (Lipinski definition) is 0. The van der Waals surface area contributed by atoms with Crippen LogP contribution in [0.25, 0.3) is 0 Å². The van der Waals surface area contributed by atoms with Crippen LogP contribution in [0, 0.1) is 0 Å². The maximum Gasteiger partial charge on any atom is 0.444 e. The van der Waals surface area contributed by atoms with E-state index in [1.807, 2.05) is 0 Å². The van der Waals surface area contributed by atoms with Crippen LogP contribution in [0.1, 0.15) is 24.2 Å². The van der Waals surface area contributed by atoms with Crippen molar-refractivity contribution < 1.29 is 22.7 Å². The number of thioether (sulfide) groups is 1. The highest BCUT2D eigenvalue weighted by Crippen LogP contribution is 2.35. The Kier molecular flexibility index (Phi) is 6.29. The monoisotopic (exact) mass is 304 g/mol. The lowest BCUT2D eigenvalue weighted by Gasteiger charge is -2.17. The van der Waals surface area contributed by atoms with Gasteiger partial charge in [0.25, 0.3) is 0 Å². The van der Waals surface area contributed by atoms with E-state index in [-0.39, 0.29) is 12.2 Å². The Morgan fingerprint density at radius 1 is 1.30 bits per heavy atom. The van der Waals surface area contributed by atoms with Crippen molar-refractivity contribution in [3.8, 4) is 0 Å². The summed E-state index contributed by atoms with van der Waals surface area (Å²) in [6.07, 6.45) is 1.63. The second kappa shape index (κ2) is 7.50.